The zero-order valence-corrected chi connectivity index (χ0v) is 16.1. The molecule has 0 radical (unpaired) electrons. The van der Waals surface area contributed by atoms with Gasteiger partial charge in [-0.05, 0) is 31.5 Å². The van der Waals surface area contributed by atoms with Gasteiger partial charge in [-0.15, -0.1) is 0 Å². The first-order valence-corrected chi connectivity index (χ1v) is 9.78. The second kappa shape index (κ2) is 8.04. The minimum atomic E-state index is -0.612. The molecule has 1 aromatic carbocycles. The van der Waals surface area contributed by atoms with Crippen LogP contribution < -0.4 is 16.4 Å². The number of nitrogens with one attached hydrogen (secondary N) is 2. The first kappa shape index (κ1) is 19.1. The van der Waals surface area contributed by atoms with Crippen LogP contribution in [-0.2, 0) is 29.2 Å². The van der Waals surface area contributed by atoms with Gasteiger partial charge in [-0.2, -0.15) is 0 Å². The average Bonchev–Trinajstić information content (AvgIpc) is 3.30. The van der Waals surface area contributed by atoms with Gasteiger partial charge in [0, 0.05) is 42.5 Å². The number of imide groups is 1. The van der Waals surface area contributed by atoms with Crippen LogP contribution in [0.15, 0.2) is 30.7 Å². The number of anilines is 1. The number of carbonyl (C=O) groups is 3. The molecular weight excluding hydrogens is 372 g/mol. The Bertz CT molecular complexity index is 953. The van der Waals surface area contributed by atoms with E-state index in [9.17, 15) is 14.4 Å². The molecule has 4 N–H and O–H groups in total. The van der Waals surface area contributed by atoms with Gasteiger partial charge < -0.3 is 20.5 Å². The molecule has 0 saturated carbocycles. The van der Waals surface area contributed by atoms with E-state index >= 15 is 0 Å². The number of aryl methyl sites for hydroxylation is 1. The SMILES string of the molecule is NCCCn1cnc(CNc2cccc3c2CN(C2CCC(=O)NC2=O)C3=O)c1. The van der Waals surface area contributed by atoms with Crippen molar-refractivity contribution in [2.24, 2.45) is 5.73 Å². The number of carbonyl (C=O) groups excluding carboxylic acids is 3. The lowest BCUT2D eigenvalue weighted by Crippen LogP contribution is -2.52. The monoisotopic (exact) mass is 396 g/mol. The highest BCUT2D eigenvalue weighted by molar-refractivity contribution is 6.06. The predicted molar refractivity (Wildman–Crippen MR) is 106 cm³/mol. The Morgan fingerprint density at radius 1 is 1.28 bits per heavy atom. The molecule has 2 aromatic rings. The van der Waals surface area contributed by atoms with E-state index in [1.807, 2.05) is 22.9 Å². The summed E-state index contributed by atoms with van der Waals surface area (Å²) in [5, 5.41) is 5.68. The Balaban J connectivity index is 1.46. The summed E-state index contributed by atoms with van der Waals surface area (Å²) in [6.45, 7) is 2.34. The lowest BCUT2D eigenvalue weighted by atomic mass is 10.0. The fourth-order valence-corrected chi connectivity index (χ4v) is 3.83. The Morgan fingerprint density at radius 2 is 2.14 bits per heavy atom. The first-order valence-electron chi connectivity index (χ1n) is 9.78. The number of aromatic nitrogens is 2. The molecule has 1 unspecified atom stereocenters. The third-order valence-electron chi connectivity index (χ3n) is 5.35. The molecule has 1 saturated heterocycles. The molecule has 2 aliphatic heterocycles. The van der Waals surface area contributed by atoms with E-state index in [1.54, 1.807) is 17.3 Å². The number of hydrogen-bond acceptors (Lipinski definition) is 6. The number of rotatable bonds is 7. The molecule has 9 heteroatoms. The van der Waals surface area contributed by atoms with E-state index in [4.69, 9.17) is 5.73 Å². The summed E-state index contributed by atoms with van der Waals surface area (Å²) in [5.74, 6) is -0.868. The molecular formula is C20H24N6O3. The van der Waals surface area contributed by atoms with Crippen LogP contribution >= 0.6 is 0 Å². The number of imidazole rings is 1. The quantitative estimate of drug-likeness (QED) is 0.589. The maximum Gasteiger partial charge on any atom is 0.255 e. The van der Waals surface area contributed by atoms with Crippen molar-refractivity contribution in [1.82, 2.24) is 19.8 Å². The van der Waals surface area contributed by atoms with Crippen LogP contribution in [0.25, 0.3) is 0 Å². The summed E-state index contributed by atoms with van der Waals surface area (Å²) in [7, 11) is 0. The average molecular weight is 396 g/mol. The van der Waals surface area contributed by atoms with Crippen molar-refractivity contribution in [3.05, 3.63) is 47.5 Å². The summed E-state index contributed by atoms with van der Waals surface area (Å²) >= 11 is 0. The second-order valence-electron chi connectivity index (χ2n) is 7.33. The molecule has 3 amide bonds. The Kier molecular flexibility index (Phi) is 5.30. The zero-order chi connectivity index (χ0) is 20.4. The fourth-order valence-electron chi connectivity index (χ4n) is 3.83. The second-order valence-corrected chi connectivity index (χ2v) is 7.33. The van der Waals surface area contributed by atoms with Gasteiger partial charge in [-0.1, -0.05) is 6.07 Å². The van der Waals surface area contributed by atoms with Crippen LogP contribution in [0.2, 0.25) is 0 Å². The maximum atomic E-state index is 12.9. The Labute approximate surface area is 168 Å². The third kappa shape index (κ3) is 3.86. The van der Waals surface area contributed by atoms with Crippen molar-refractivity contribution in [3.63, 3.8) is 0 Å². The highest BCUT2D eigenvalue weighted by atomic mass is 16.2. The smallest absolute Gasteiger partial charge is 0.255 e. The first-order chi connectivity index (χ1) is 14.1. The molecule has 1 aromatic heterocycles. The van der Waals surface area contributed by atoms with Gasteiger partial charge in [-0.3, -0.25) is 19.7 Å². The maximum absolute atomic E-state index is 12.9. The standard InChI is InChI=1S/C20H24N6O3/c21-7-2-8-25-10-13(23-12-25)9-22-16-4-1-3-14-15(16)11-26(20(14)29)17-5-6-18(27)24-19(17)28/h1,3-4,10,12,17,22H,2,5-9,11,21H2,(H,24,27,28). The van der Waals surface area contributed by atoms with Gasteiger partial charge in [-0.25, -0.2) is 4.98 Å². The van der Waals surface area contributed by atoms with Crippen LogP contribution in [-0.4, -0.2) is 44.8 Å². The van der Waals surface area contributed by atoms with Gasteiger partial charge in [0.25, 0.3) is 5.91 Å². The molecule has 152 valence electrons. The molecule has 0 aliphatic carbocycles. The van der Waals surface area contributed by atoms with Crippen molar-refractivity contribution in [1.29, 1.82) is 0 Å². The predicted octanol–water partition coefficient (Wildman–Crippen LogP) is 0.605. The number of hydrogen-bond donors (Lipinski definition) is 3. The van der Waals surface area contributed by atoms with E-state index in [0.717, 1.165) is 29.9 Å². The Hall–Kier alpha value is -3.20. The van der Waals surface area contributed by atoms with E-state index in [2.05, 4.69) is 15.6 Å². The molecule has 9 nitrogen and oxygen atoms in total. The van der Waals surface area contributed by atoms with Gasteiger partial charge in [0.05, 0.1) is 18.6 Å². The minimum absolute atomic E-state index is 0.177. The van der Waals surface area contributed by atoms with Crippen LogP contribution in [0.5, 0.6) is 0 Å². The van der Waals surface area contributed by atoms with Crippen LogP contribution in [0.4, 0.5) is 5.69 Å². The van der Waals surface area contributed by atoms with Gasteiger partial charge >= 0.3 is 0 Å². The molecule has 0 spiro atoms. The summed E-state index contributed by atoms with van der Waals surface area (Å²) in [5.41, 5.74) is 8.74. The number of piperidine rings is 1. The number of nitrogens with zero attached hydrogens (tertiary/aromatic N) is 3. The van der Waals surface area contributed by atoms with Crippen LogP contribution in [0.1, 0.15) is 40.9 Å². The number of fused-ring (bicyclic) bond motifs is 1. The summed E-state index contributed by atoms with van der Waals surface area (Å²) in [4.78, 5) is 42.4. The van der Waals surface area contributed by atoms with Crippen molar-refractivity contribution in [2.45, 2.75) is 44.9 Å². The third-order valence-corrected chi connectivity index (χ3v) is 5.35. The minimum Gasteiger partial charge on any atom is -0.379 e. The van der Waals surface area contributed by atoms with Crippen molar-refractivity contribution >= 4 is 23.4 Å². The van der Waals surface area contributed by atoms with Gasteiger partial charge in [0.15, 0.2) is 0 Å². The topological polar surface area (TPSA) is 122 Å². The molecule has 0 bridgehead atoms. The van der Waals surface area contributed by atoms with Gasteiger partial charge in [0.1, 0.15) is 6.04 Å². The van der Waals surface area contributed by atoms with Crippen LogP contribution in [0.3, 0.4) is 0 Å². The van der Waals surface area contributed by atoms with E-state index in [0.29, 0.717) is 31.6 Å². The normalized spacial score (nSPS) is 18.7. The summed E-state index contributed by atoms with van der Waals surface area (Å²) < 4.78 is 2.01. The molecule has 2 aliphatic rings. The summed E-state index contributed by atoms with van der Waals surface area (Å²) in [6, 6.07) is 4.91. The number of nitrogens with two attached hydrogens (primary N) is 1. The van der Waals surface area contributed by atoms with Gasteiger partial charge in [0.2, 0.25) is 11.8 Å². The van der Waals surface area contributed by atoms with E-state index in [1.165, 1.54) is 0 Å². The fraction of sp³-hybridized carbons (Fsp3) is 0.400. The molecule has 29 heavy (non-hydrogen) atoms. The van der Waals surface area contributed by atoms with Crippen molar-refractivity contribution in [3.8, 4) is 0 Å². The van der Waals surface area contributed by atoms with Crippen molar-refractivity contribution < 1.29 is 14.4 Å². The molecule has 3 heterocycles. The highest BCUT2D eigenvalue weighted by Crippen LogP contribution is 2.32. The van der Waals surface area contributed by atoms with Crippen LogP contribution in [0, 0.1) is 0 Å². The molecule has 1 atom stereocenters. The summed E-state index contributed by atoms with van der Waals surface area (Å²) in [6.07, 6.45) is 5.26. The largest absolute Gasteiger partial charge is 0.379 e. The zero-order valence-electron chi connectivity index (χ0n) is 16.1. The van der Waals surface area contributed by atoms with Crippen molar-refractivity contribution in [2.75, 3.05) is 11.9 Å². The lowest BCUT2D eigenvalue weighted by Gasteiger charge is -2.29. The molecule has 4 rings (SSSR count). The van der Waals surface area contributed by atoms with E-state index in [-0.39, 0.29) is 18.2 Å². The number of benzene rings is 1. The lowest BCUT2D eigenvalue weighted by molar-refractivity contribution is -0.136. The van der Waals surface area contributed by atoms with E-state index < -0.39 is 11.9 Å². The molecule has 1 fully saturated rings. The number of amides is 3. The Morgan fingerprint density at radius 3 is 2.93 bits per heavy atom. The highest BCUT2D eigenvalue weighted by Gasteiger charge is 2.39.